The van der Waals surface area contributed by atoms with E-state index in [0.717, 1.165) is 0 Å². The van der Waals surface area contributed by atoms with Crippen molar-refractivity contribution in [3.8, 4) is 0 Å². The van der Waals surface area contributed by atoms with Gasteiger partial charge >= 0.3 is 5.97 Å². The van der Waals surface area contributed by atoms with E-state index in [1.54, 1.807) is 25.7 Å². The Labute approximate surface area is 190 Å². The molecule has 1 aliphatic heterocycles. The van der Waals surface area contributed by atoms with Crippen molar-refractivity contribution >= 4 is 27.8 Å². The molecule has 2 amide bonds. The van der Waals surface area contributed by atoms with Crippen LogP contribution in [-0.4, -0.2) is 86.7 Å². The van der Waals surface area contributed by atoms with Gasteiger partial charge in [0.05, 0.1) is 24.0 Å². The van der Waals surface area contributed by atoms with Gasteiger partial charge in [-0.25, -0.2) is 8.42 Å². The second-order valence-electron chi connectivity index (χ2n) is 8.23. The van der Waals surface area contributed by atoms with Crippen molar-refractivity contribution in [3.05, 3.63) is 29.8 Å². The molecule has 1 aromatic carbocycles. The van der Waals surface area contributed by atoms with Crippen LogP contribution in [0.2, 0.25) is 0 Å². The Morgan fingerprint density at radius 2 is 1.91 bits per heavy atom. The third kappa shape index (κ3) is 6.07. The number of piperidine rings is 1. The van der Waals surface area contributed by atoms with Gasteiger partial charge in [0.1, 0.15) is 0 Å². The number of amides is 2. The highest BCUT2D eigenvalue weighted by atomic mass is 32.2. The van der Waals surface area contributed by atoms with Gasteiger partial charge in [0.2, 0.25) is 15.9 Å². The lowest BCUT2D eigenvalue weighted by Crippen LogP contribution is -2.47. The zero-order valence-corrected chi connectivity index (χ0v) is 20.2. The maximum absolute atomic E-state index is 12.9. The average Bonchev–Trinajstić information content (AvgIpc) is 2.78. The van der Waals surface area contributed by atoms with Crippen molar-refractivity contribution in [1.29, 1.82) is 0 Å². The SMILES string of the molecule is CCOC(=O)C1CCCN(C(=O)CN(C)C(=O)c2cccc(S(=O)(=O)N(C)C(C)C)c2)C1. The van der Waals surface area contributed by atoms with Crippen molar-refractivity contribution in [2.24, 2.45) is 5.92 Å². The Morgan fingerprint density at radius 3 is 2.53 bits per heavy atom. The summed E-state index contributed by atoms with van der Waals surface area (Å²) in [5, 5.41) is 0. The highest BCUT2D eigenvalue weighted by Crippen LogP contribution is 2.20. The molecule has 32 heavy (non-hydrogen) atoms. The first kappa shape index (κ1) is 25.8. The minimum absolute atomic E-state index is 0.0209. The minimum Gasteiger partial charge on any atom is -0.466 e. The maximum Gasteiger partial charge on any atom is 0.310 e. The van der Waals surface area contributed by atoms with Crippen molar-refractivity contribution in [3.63, 3.8) is 0 Å². The summed E-state index contributed by atoms with van der Waals surface area (Å²) >= 11 is 0. The lowest BCUT2D eigenvalue weighted by molar-refractivity contribution is -0.151. The topological polar surface area (TPSA) is 104 Å². The molecule has 0 aromatic heterocycles. The molecule has 1 atom stereocenters. The molecule has 1 saturated heterocycles. The van der Waals surface area contributed by atoms with Crippen LogP contribution in [-0.2, 0) is 24.3 Å². The first-order chi connectivity index (χ1) is 15.0. The summed E-state index contributed by atoms with van der Waals surface area (Å²) in [6, 6.07) is 5.57. The molecule has 1 heterocycles. The third-order valence-electron chi connectivity index (χ3n) is 5.60. The van der Waals surface area contributed by atoms with E-state index >= 15 is 0 Å². The summed E-state index contributed by atoms with van der Waals surface area (Å²) in [4.78, 5) is 40.5. The molecule has 0 radical (unpaired) electrons. The fourth-order valence-corrected chi connectivity index (χ4v) is 4.90. The Bertz CT molecular complexity index is 947. The molecular formula is C22H33N3O6S. The minimum atomic E-state index is -3.74. The van der Waals surface area contributed by atoms with Gasteiger partial charge in [-0.15, -0.1) is 0 Å². The van der Waals surface area contributed by atoms with Gasteiger partial charge in [0.15, 0.2) is 0 Å². The van der Waals surface area contributed by atoms with Crippen LogP contribution in [0, 0.1) is 5.92 Å². The number of esters is 1. The molecule has 1 fully saturated rings. The molecule has 178 valence electrons. The number of carbonyl (C=O) groups excluding carboxylic acids is 3. The van der Waals surface area contributed by atoms with E-state index in [1.165, 1.54) is 47.6 Å². The van der Waals surface area contributed by atoms with E-state index in [4.69, 9.17) is 4.74 Å². The smallest absolute Gasteiger partial charge is 0.310 e. The number of likely N-dealkylation sites (tertiary alicyclic amines) is 1. The Morgan fingerprint density at radius 1 is 1.22 bits per heavy atom. The second-order valence-corrected chi connectivity index (χ2v) is 10.2. The van der Waals surface area contributed by atoms with Crippen LogP contribution in [0.5, 0.6) is 0 Å². The van der Waals surface area contributed by atoms with E-state index in [1.807, 2.05) is 0 Å². The number of sulfonamides is 1. The van der Waals surface area contributed by atoms with E-state index in [-0.39, 0.29) is 47.4 Å². The van der Waals surface area contributed by atoms with Gasteiger partial charge in [0.25, 0.3) is 5.91 Å². The number of likely N-dealkylation sites (N-methyl/N-ethyl adjacent to an activating group) is 1. The van der Waals surface area contributed by atoms with Gasteiger partial charge in [-0.3, -0.25) is 14.4 Å². The quantitative estimate of drug-likeness (QED) is 0.538. The summed E-state index contributed by atoms with van der Waals surface area (Å²) in [6.45, 7) is 6.18. The lowest BCUT2D eigenvalue weighted by Gasteiger charge is -2.32. The summed E-state index contributed by atoms with van der Waals surface area (Å²) in [6.07, 6.45) is 1.36. The predicted octanol–water partition coefficient (Wildman–Crippen LogP) is 1.59. The number of nitrogens with zero attached hydrogens (tertiary/aromatic N) is 3. The lowest BCUT2D eigenvalue weighted by atomic mass is 9.98. The Balaban J connectivity index is 2.08. The summed E-state index contributed by atoms with van der Waals surface area (Å²) in [5.74, 6) is -1.38. The van der Waals surface area contributed by atoms with Crippen LogP contribution < -0.4 is 0 Å². The number of carbonyl (C=O) groups is 3. The molecule has 1 aromatic rings. The van der Waals surface area contributed by atoms with Crippen molar-refractivity contribution in [2.75, 3.05) is 40.3 Å². The predicted molar refractivity (Wildman–Crippen MR) is 119 cm³/mol. The Kier molecular flexibility index (Phi) is 8.80. The standard InChI is InChI=1S/C22H33N3O6S/c1-6-31-22(28)18-10-8-12-25(14-18)20(26)15-23(4)21(27)17-9-7-11-19(13-17)32(29,30)24(5)16(2)3/h7,9,11,13,16,18H,6,8,10,12,14-15H2,1-5H3. The van der Waals surface area contributed by atoms with Gasteiger partial charge < -0.3 is 14.5 Å². The summed E-state index contributed by atoms with van der Waals surface area (Å²) in [7, 11) is -0.754. The van der Waals surface area contributed by atoms with Gasteiger partial charge in [-0.1, -0.05) is 6.07 Å². The highest BCUT2D eigenvalue weighted by Gasteiger charge is 2.30. The van der Waals surface area contributed by atoms with Gasteiger partial charge in [0, 0.05) is 38.8 Å². The summed E-state index contributed by atoms with van der Waals surface area (Å²) in [5.41, 5.74) is 0.182. The molecular weight excluding hydrogens is 434 g/mol. The van der Waals surface area contributed by atoms with Crippen LogP contribution in [0.15, 0.2) is 29.2 Å². The number of rotatable bonds is 8. The van der Waals surface area contributed by atoms with Crippen LogP contribution in [0.1, 0.15) is 44.0 Å². The fourth-order valence-electron chi connectivity index (χ4n) is 3.48. The molecule has 9 nitrogen and oxygen atoms in total. The fraction of sp³-hybridized carbons (Fsp3) is 0.591. The highest BCUT2D eigenvalue weighted by molar-refractivity contribution is 7.89. The molecule has 0 N–H and O–H groups in total. The van der Waals surface area contributed by atoms with E-state index in [2.05, 4.69) is 0 Å². The third-order valence-corrected chi connectivity index (χ3v) is 7.63. The van der Waals surface area contributed by atoms with Crippen LogP contribution in [0.4, 0.5) is 0 Å². The number of hydrogen-bond acceptors (Lipinski definition) is 6. The van der Waals surface area contributed by atoms with Gasteiger partial charge in [-0.2, -0.15) is 4.31 Å². The Hall–Kier alpha value is -2.46. The number of benzene rings is 1. The van der Waals surface area contributed by atoms with E-state index in [0.29, 0.717) is 26.0 Å². The van der Waals surface area contributed by atoms with E-state index < -0.39 is 15.9 Å². The monoisotopic (exact) mass is 467 g/mol. The van der Waals surface area contributed by atoms with Crippen molar-refractivity contribution in [1.82, 2.24) is 14.1 Å². The molecule has 1 aliphatic rings. The van der Waals surface area contributed by atoms with Crippen molar-refractivity contribution in [2.45, 2.75) is 44.6 Å². The maximum atomic E-state index is 12.9. The van der Waals surface area contributed by atoms with Crippen LogP contribution in [0.25, 0.3) is 0 Å². The van der Waals surface area contributed by atoms with Crippen molar-refractivity contribution < 1.29 is 27.5 Å². The number of hydrogen-bond donors (Lipinski definition) is 0. The molecule has 0 aliphatic carbocycles. The molecule has 2 rings (SSSR count). The zero-order valence-electron chi connectivity index (χ0n) is 19.4. The first-order valence-electron chi connectivity index (χ1n) is 10.8. The van der Waals surface area contributed by atoms with Crippen LogP contribution >= 0.6 is 0 Å². The molecule has 0 saturated carbocycles. The molecule has 1 unspecified atom stereocenters. The van der Waals surface area contributed by atoms with Crippen LogP contribution in [0.3, 0.4) is 0 Å². The van der Waals surface area contributed by atoms with Gasteiger partial charge in [-0.05, 0) is 51.8 Å². The second kappa shape index (κ2) is 10.9. The average molecular weight is 468 g/mol. The largest absolute Gasteiger partial charge is 0.466 e. The molecule has 0 bridgehead atoms. The zero-order chi connectivity index (χ0) is 24.1. The molecule has 0 spiro atoms. The number of ether oxygens (including phenoxy) is 1. The van der Waals surface area contributed by atoms with E-state index in [9.17, 15) is 22.8 Å². The first-order valence-corrected chi connectivity index (χ1v) is 12.2. The molecule has 10 heteroatoms. The normalized spacial score (nSPS) is 16.8. The summed E-state index contributed by atoms with van der Waals surface area (Å²) < 4.78 is 31.8.